The summed E-state index contributed by atoms with van der Waals surface area (Å²) in [5.41, 5.74) is 6.15. The molecule has 2 amide bonds. The van der Waals surface area contributed by atoms with Gasteiger partial charge in [-0.1, -0.05) is 146 Å². The zero-order valence-electron chi connectivity index (χ0n) is 41.5. The van der Waals surface area contributed by atoms with Gasteiger partial charge in [-0.3, -0.25) is 9.59 Å². The van der Waals surface area contributed by atoms with Crippen LogP contribution < -0.4 is 41.7 Å². The molecule has 76 heavy (non-hydrogen) atoms. The third kappa shape index (κ3) is 25.0. The maximum atomic E-state index is 10.9. The summed E-state index contributed by atoms with van der Waals surface area (Å²) in [7, 11) is 6.75. The molecule has 0 spiro atoms. The predicted octanol–water partition coefficient (Wildman–Crippen LogP) is 6.58. The summed E-state index contributed by atoms with van der Waals surface area (Å²) in [6.07, 6.45) is 1.50. The summed E-state index contributed by atoms with van der Waals surface area (Å²) in [5.74, 6) is -4.73. The first-order valence-electron chi connectivity index (χ1n) is 22.4. The van der Waals surface area contributed by atoms with Gasteiger partial charge in [0.1, 0.15) is 0 Å². The summed E-state index contributed by atoms with van der Waals surface area (Å²) in [4.78, 5) is 65.2. The molecule has 0 aliphatic rings. The number of carbonyl (C=O) groups excluding carboxylic acids is 6. The number of nitrogens with one attached hydrogen (secondary N) is 4. The van der Waals surface area contributed by atoms with Gasteiger partial charge in [-0.05, 0) is 72.8 Å². The zero-order chi connectivity index (χ0) is 54.1. The van der Waals surface area contributed by atoms with Gasteiger partial charge in [0.05, 0.1) is 23.9 Å². The van der Waals surface area contributed by atoms with Crippen molar-refractivity contribution in [1.82, 2.24) is 9.80 Å². The molecule has 0 aromatic heterocycles. The molecule has 0 atom stereocenters. The van der Waals surface area contributed by atoms with E-state index in [0.29, 0.717) is 22.7 Å². The Hall–Kier alpha value is -9.18. The van der Waals surface area contributed by atoms with Crippen LogP contribution in [0, 0.1) is 0 Å². The number of carbonyl (C=O) groups is 6. The van der Waals surface area contributed by atoms with E-state index in [-0.39, 0.29) is 56.4 Å². The Morgan fingerprint density at radius 1 is 0.303 bits per heavy atom. The SMILES string of the molecule is CN(C)C=O.CN(C)C=O.O=C([O-])c1ccccc1Nc1ccccc1.O=C([O-])c1ccccc1Nc1ccccc1.O=C([O-])c1ccccc1Nc1ccccc1.O=C([O-])c1ccccc1Nc1ccccc1.[Cu+2].[Cu+2]. The summed E-state index contributed by atoms with van der Waals surface area (Å²) in [6, 6.07) is 64.2. The number of carboxylic acid groups (broad SMARTS) is 4. The minimum Gasteiger partial charge on any atom is -0.545 e. The fraction of sp³-hybridized carbons (Fsp3) is 0.0690. The van der Waals surface area contributed by atoms with Gasteiger partial charge in [-0.25, -0.2) is 0 Å². The van der Waals surface area contributed by atoms with Crippen LogP contribution >= 0.6 is 0 Å². The zero-order valence-corrected chi connectivity index (χ0v) is 43.4. The quantitative estimate of drug-likeness (QED) is 0.0664. The van der Waals surface area contributed by atoms with Crippen LogP contribution in [0.15, 0.2) is 218 Å². The van der Waals surface area contributed by atoms with Gasteiger partial charge in [0.15, 0.2) is 0 Å². The Labute approximate surface area is 463 Å². The number of amides is 2. The van der Waals surface area contributed by atoms with Crippen molar-refractivity contribution in [2.75, 3.05) is 49.5 Å². The molecule has 398 valence electrons. The van der Waals surface area contributed by atoms with Crippen LogP contribution in [-0.4, -0.2) is 74.7 Å². The Morgan fingerprint density at radius 2 is 0.447 bits per heavy atom. The van der Waals surface area contributed by atoms with Crippen LogP contribution in [0.4, 0.5) is 45.5 Å². The summed E-state index contributed by atoms with van der Waals surface area (Å²) < 4.78 is 0. The van der Waals surface area contributed by atoms with Crippen molar-refractivity contribution in [3.8, 4) is 0 Å². The molecule has 16 nitrogen and oxygen atoms in total. The molecule has 0 aliphatic carbocycles. The number of carboxylic acids is 4. The van der Waals surface area contributed by atoms with Crippen molar-refractivity contribution in [3.63, 3.8) is 0 Å². The molecule has 2 radical (unpaired) electrons. The second kappa shape index (κ2) is 36.7. The number of aromatic carboxylic acids is 4. The van der Waals surface area contributed by atoms with Crippen molar-refractivity contribution in [3.05, 3.63) is 241 Å². The number of anilines is 8. The van der Waals surface area contributed by atoms with E-state index in [2.05, 4.69) is 21.3 Å². The van der Waals surface area contributed by atoms with E-state index in [4.69, 9.17) is 0 Å². The predicted molar refractivity (Wildman–Crippen MR) is 281 cm³/mol. The maximum Gasteiger partial charge on any atom is 2.00 e. The molecule has 0 saturated heterocycles. The number of para-hydroxylation sites is 8. The molecule has 0 bridgehead atoms. The average molecular weight is 1120 g/mol. The van der Waals surface area contributed by atoms with Crippen LogP contribution in [0.2, 0.25) is 0 Å². The maximum absolute atomic E-state index is 10.9. The second-order valence-corrected chi connectivity index (χ2v) is 15.4. The van der Waals surface area contributed by atoms with Crippen LogP contribution in [0.1, 0.15) is 41.4 Å². The molecule has 8 aromatic carbocycles. The van der Waals surface area contributed by atoms with Crippen molar-refractivity contribution in [1.29, 1.82) is 0 Å². The van der Waals surface area contributed by atoms with Crippen molar-refractivity contribution >= 4 is 82.2 Å². The first kappa shape index (κ1) is 64.8. The van der Waals surface area contributed by atoms with Gasteiger partial charge >= 0.3 is 34.1 Å². The average Bonchev–Trinajstić information content (AvgIpc) is 3.41. The summed E-state index contributed by atoms with van der Waals surface area (Å²) in [5, 5.41) is 55.6. The smallest absolute Gasteiger partial charge is 0.545 e. The van der Waals surface area contributed by atoms with E-state index >= 15 is 0 Å². The minimum atomic E-state index is -1.18. The number of hydrogen-bond acceptors (Lipinski definition) is 14. The Balaban J connectivity index is 0.000000473. The van der Waals surface area contributed by atoms with Crippen molar-refractivity contribution < 1.29 is 83.3 Å². The molecule has 8 aromatic rings. The van der Waals surface area contributed by atoms with Gasteiger partial charge < -0.3 is 70.7 Å². The summed E-state index contributed by atoms with van der Waals surface area (Å²) >= 11 is 0. The first-order valence-corrected chi connectivity index (χ1v) is 22.4. The summed E-state index contributed by atoms with van der Waals surface area (Å²) in [6.45, 7) is 0. The largest absolute Gasteiger partial charge is 2.00 e. The van der Waals surface area contributed by atoms with Crippen molar-refractivity contribution in [2.45, 2.75) is 0 Å². The fourth-order valence-corrected chi connectivity index (χ4v) is 5.79. The molecule has 18 heteroatoms. The van der Waals surface area contributed by atoms with E-state index in [1.54, 1.807) is 101 Å². The number of benzene rings is 8. The molecule has 0 saturated carbocycles. The van der Waals surface area contributed by atoms with E-state index in [9.17, 15) is 49.2 Å². The Bertz CT molecular complexity index is 2580. The van der Waals surface area contributed by atoms with Crippen molar-refractivity contribution in [2.24, 2.45) is 0 Å². The Kier molecular flexibility index (Phi) is 31.3. The molecule has 0 unspecified atom stereocenters. The monoisotopic (exact) mass is 1120 g/mol. The normalized spacial score (nSPS) is 9.11. The van der Waals surface area contributed by atoms with Crippen LogP contribution in [0.3, 0.4) is 0 Å². The van der Waals surface area contributed by atoms with Crippen LogP contribution in [0.5, 0.6) is 0 Å². The minimum absolute atomic E-state index is 0. The third-order valence-electron chi connectivity index (χ3n) is 9.22. The van der Waals surface area contributed by atoms with Crippen LogP contribution in [-0.2, 0) is 43.7 Å². The second-order valence-electron chi connectivity index (χ2n) is 15.4. The molecular formula is C58H54Cu2N6O10. The third-order valence-corrected chi connectivity index (χ3v) is 9.22. The standard InChI is InChI=1S/4C13H11NO2.2C3H7NO.2Cu/c4*15-13(16)11-8-4-5-9-12(11)14-10-6-2-1-3-7-10;2*1-4(2)3-5;;/h4*1-9,14H,(H,15,16);2*3H,1-2H3;;/q;;;;;;2*+2/p-4. The molecule has 0 aliphatic heterocycles. The van der Waals surface area contributed by atoms with Gasteiger partial charge in [-0.2, -0.15) is 0 Å². The first-order chi connectivity index (χ1) is 35.6. The van der Waals surface area contributed by atoms with E-state index in [1.807, 2.05) is 121 Å². The number of hydrogen-bond donors (Lipinski definition) is 4. The van der Waals surface area contributed by atoms with E-state index in [1.165, 1.54) is 34.1 Å². The van der Waals surface area contributed by atoms with Gasteiger partial charge in [-0.15, -0.1) is 0 Å². The van der Waals surface area contributed by atoms with Gasteiger partial charge in [0, 0.05) is 95.9 Å². The van der Waals surface area contributed by atoms with E-state index in [0.717, 1.165) is 35.6 Å². The Morgan fingerprint density at radius 3 is 0.592 bits per heavy atom. The van der Waals surface area contributed by atoms with Crippen LogP contribution in [0.25, 0.3) is 0 Å². The van der Waals surface area contributed by atoms with Gasteiger partial charge in [0.2, 0.25) is 12.8 Å². The molecule has 0 fully saturated rings. The van der Waals surface area contributed by atoms with Gasteiger partial charge in [0.25, 0.3) is 0 Å². The molecule has 4 N–H and O–H groups in total. The molecule has 0 heterocycles. The molecule has 8 rings (SSSR count). The van der Waals surface area contributed by atoms with E-state index < -0.39 is 23.9 Å². The fourth-order valence-electron chi connectivity index (χ4n) is 5.79. The number of rotatable bonds is 14. The topological polar surface area (TPSA) is 249 Å². The molecular weight excluding hydrogens is 1070 g/mol. The number of nitrogens with zero attached hydrogens (tertiary/aromatic N) is 2.